The number of urea groups is 1. The number of benzene rings is 1. The first-order valence-corrected chi connectivity index (χ1v) is 9.85. The van der Waals surface area contributed by atoms with Crippen LogP contribution in [0.4, 0.5) is 4.79 Å². The number of carbonyl (C=O) groups excluding carboxylic acids is 2. The molecule has 2 aromatic rings. The maximum absolute atomic E-state index is 12.9. The van der Waals surface area contributed by atoms with Crippen molar-refractivity contribution in [2.45, 2.75) is 32.9 Å². The molecule has 1 saturated heterocycles. The summed E-state index contributed by atoms with van der Waals surface area (Å²) >= 11 is 0. The number of hydrogen-bond donors (Lipinski definition) is 2. The lowest BCUT2D eigenvalue weighted by atomic mass is 9.91. The Balaban J connectivity index is 1.56. The lowest BCUT2D eigenvalue weighted by molar-refractivity contribution is -0.139. The smallest absolute Gasteiger partial charge is 0.338 e. The fraction of sp³-hybridized carbons (Fsp3) is 0.450. The topological polar surface area (TPSA) is 122 Å². The van der Waals surface area contributed by atoms with Crippen molar-refractivity contribution in [1.29, 1.82) is 0 Å². The van der Waals surface area contributed by atoms with Crippen LogP contribution < -0.4 is 10.6 Å². The standard InChI is InChI=1S/C20H24N6O4/c1-11-4-6-14(7-5-11)16-15(17-18(27)21-8-9-29-17)10-26(24-16)20(28)22-12(2)19-23-13(3)25-30-19/h4-7,12,15,17H,8-10H2,1-3H3,(H,21,27)(H,22,28)/t12-,15?,17?/m1/s1. The molecule has 2 unspecified atom stereocenters. The average molecular weight is 412 g/mol. The summed E-state index contributed by atoms with van der Waals surface area (Å²) in [5, 5.41) is 15.2. The summed E-state index contributed by atoms with van der Waals surface area (Å²) in [6, 6.07) is 6.92. The van der Waals surface area contributed by atoms with Crippen LogP contribution in [0.5, 0.6) is 0 Å². The van der Waals surface area contributed by atoms with E-state index in [9.17, 15) is 9.59 Å². The van der Waals surface area contributed by atoms with Crippen molar-refractivity contribution in [1.82, 2.24) is 25.8 Å². The molecule has 2 aliphatic rings. The zero-order valence-corrected chi connectivity index (χ0v) is 17.1. The first-order chi connectivity index (χ1) is 14.4. The molecule has 3 amide bonds. The van der Waals surface area contributed by atoms with E-state index in [-0.39, 0.29) is 18.4 Å². The van der Waals surface area contributed by atoms with Gasteiger partial charge in [0, 0.05) is 6.54 Å². The third-order valence-electron chi connectivity index (χ3n) is 5.11. The second kappa shape index (κ2) is 8.23. The Bertz CT molecular complexity index is 970. The van der Waals surface area contributed by atoms with Crippen molar-refractivity contribution in [3.8, 4) is 0 Å². The van der Waals surface area contributed by atoms with Crippen LogP contribution in [0.3, 0.4) is 0 Å². The van der Waals surface area contributed by atoms with Gasteiger partial charge in [-0.05, 0) is 26.3 Å². The second-order valence-electron chi connectivity index (χ2n) is 7.47. The minimum absolute atomic E-state index is 0.192. The van der Waals surface area contributed by atoms with Crippen molar-refractivity contribution in [3.63, 3.8) is 0 Å². The van der Waals surface area contributed by atoms with Crippen LogP contribution in [-0.2, 0) is 9.53 Å². The summed E-state index contributed by atoms with van der Waals surface area (Å²) in [7, 11) is 0. The summed E-state index contributed by atoms with van der Waals surface area (Å²) in [4.78, 5) is 29.4. The summed E-state index contributed by atoms with van der Waals surface area (Å²) < 4.78 is 10.9. The number of amides is 3. The highest BCUT2D eigenvalue weighted by molar-refractivity contribution is 6.07. The van der Waals surface area contributed by atoms with Crippen molar-refractivity contribution >= 4 is 17.6 Å². The van der Waals surface area contributed by atoms with Gasteiger partial charge in [0.15, 0.2) is 5.82 Å². The molecule has 2 N–H and O–H groups in total. The Labute approximate surface area is 173 Å². The molecule has 4 rings (SSSR count). The zero-order valence-electron chi connectivity index (χ0n) is 17.1. The molecule has 0 bridgehead atoms. The lowest BCUT2D eigenvalue weighted by Gasteiger charge is -2.28. The van der Waals surface area contributed by atoms with E-state index in [0.29, 0.717) is 30.6 Å². The second-order valence-corrected chi connectivity index (χ2v) is 7.47. The number of carbonyl (C=O) groups is 2. The number of aromatic nitrogens is 2. The van der Waals surface area contributed by atoms with E-state index in [1.807, 2.05) is 31.2 Å². The van der Waals surface area contributed by atoms with E-state index in [4.69, 9.17) is 9.26 Å². The Morgan fingerprint density at radius 1 is 1.30 bits per heavy atom. The summed E-state index contributed by atoms with van der Waals surface area (Å²) in [5.74, 6) is 0.240. The van der Waals surface area contributed by atoms with E-state index in [0.717, 1.165) is 11.1 Å². The highest BCUT2D eigenvalue weighted by atomic mass is 16.5. The SMILES string of the molecule is Cc1ccc(C2=NN(C(=O)N[C@H](C)c3nc(C)no3)CC2C2OCCNC2=O)cc1. The van der Waals surface area contributed by atoms with E-state index in [1.165, 1.54) is 5.01 Å². The normalized spacial score (nSPS) is 22.4. The van der Waals surface area contributed by atoms with Gasteiger partial charge in [-0.25, -0.2) is 9.80 Å². The van der Waals surface area contributed by atoms with Crippen LogP contribution in [0.25, 0.3) is 0 Å². The van der Waals surface area contributed by atoms with E-state index in [2.05, 4.69) is 25.9 Å². The molecule has 1 aromatic heterocycles. The zero-order chi connectivity index (χ0) is 21.3. The molecule has 2 aliphatic heterocycles. The quantitative estimate of drug-likeness (QED) is 0.781. The van der Waals surface area contributed by atoms with Crippen molar-refractivity contribution in [2.75, 3.05) is 19.7 Å². The average Bonchev–Trinajstić information content (AvgIpc) is 3.36. The van der Waals surface area contributed by atoms with Crippen molar-refractivity contribution in [2.24, 2.45) is 11.0 Å². The van der Waals surface area contributed by atoms with E-state index < -0.39 is 18.2 Å². The molecular formula is C20H24N6O4. The number of hydrazone groups is 1. The third-order valence-corrected chi connectivity index (χ3v) is 5.11. The largest absolute Gasteiger partial charge is 0.366 e. The van der Waals surface area contributed by atoms with Gasteiger partial charge in [-0.2, -0.15) is 10.1 Å². The molecule has 0 radical (unpaired) electrons. The van der Waals surface area contributed by atoms with Crippen LogP contribution in [0, 0.1) is 19.8 Å². The number of nitrogens with one attached hydrogen (secondary N) is 2. The molecule has 3 heterocycles. The maximum atomic E-state index is 12.9. The lowest BCUT2D eigenvalue weighted by Crippen LogP contribution is -2.51. The predicted octanol–water partition coefficient (Wildman–Crippen LogP) is 1.31. The molecule has 0 aliphatic carbocycles. The number of aryl methyl sites for hydroxylation is 2. The van der Waals surface area contributed by atoms with Gasteiger partial charge in [0.2, 0.25) is 11.8 Å². The number of ether oxygens (including phenoxy) is 1. The van der Waals surface area contributed by atoms with Crippen molar-refractivity contribution in [3.05, 3.63) is 47.1 Å². The van der Waals surface area contributed by atoms with Gasteiger partial charge in [-0.1, -0.05) is 35.0 Å². The van der Waals surface area contributed by atoms with Gasteiger partial charge in [0.1, 0.15) is 12.1 Å². The van der Waals surface area contributed by atoms with Gasteiger partial charge in [-0.15, -0.1) is 0 Å². The molecule has 1 fully saturated rings. The molecule has 0 saturated carbocycles. The van der Waals surface area contributed by atoms with Crippen LogP contribution in [-0.4, -0.2) is 58.6 Å². The first kappa shape index (κ1) is 20.0. The van der Waals surface area contributed by atoms with E-state index >= 15 is 0 Å². The number of morpholine rings is 1. The summed E-state index contributed by atoms with van der Waals surface area (Å²) in [6.45, 7) is 6.58. The summed E-state index contributed by atoms with van der Waals surface area (Å²) in [6.07, 6.45) is -0.701. The fourth-order valence-corrected chi connectivity index (χ4v) is 3.53. The predicted molar refractivity (Wildman–Crippen MR) is 107 cm³/mol. The Hall–Kier alpha value is -3.27. The maximum Gasteiger partial charge on any atom is 0.338 e. The number of nitrogens with zero attached hydrogens (tertiary/aromatic N) is 4. The summed E-state index contributed by atoms with van der Waals surface area (Å²) in [5.41, 5.74) is 2.61. The van der Waals surface area contributed by atoms with Crippen molar-refractivity contribution < 1.29 is 18.8 Å². The third kappa shape index (κ3) is 4.04. The highest BCUT2D eigenvalue weighted by Crippen LogP contribution is 2.26. The molecular weight excluding hydrogens is 388 g/mol. The first-order valence-electron chi connectivity index (χ1n) is 9.85. The molecule has 1 aromatic carbocycles. The van der Waals surface area contributed by atoms with Gasteiger partial charge in [-0.3, -0.25) is 4.79 Å². The van der Waals surface area contributed by atoms with Gasteiger partial charge in [0.05, 0.1) is 24.8 Å². The Morgan fingerprint density at radius 3 is 2.73 bits per heavy atom. The van der Waals surface area contributed by atoms with Gasteiger partial charge >= 0.3 is 6.03 Å². The molecule has 30 heavy (non-hydrogen) atoms. The molecule has 3 atom stereocenters. The van der Waals surface area contributed by atoms with E-state index in [1.54, 1.807) is 13.8 Å². The van der Waals surface area contributed by atoms with Gasteiger partial charge in [0.25, 0.3) is 0 Å². The number of rotatable bonds is 4. The Kier molecular flexibility index (Phi) is 5.49. The van der Waals surface area contributed by atoms with Gasteiger partial charge < -0.3 is 19.9 Å². The minimum Gasteiger partial charge on any atom is -0.366 e. The molecule has 0 spiro atoms. The molecule has 10 heteroatoms. The van der Waals surface area contributed by atoms with Crippen LogP contribution >= 0.6 is 0 Å². The van der Waals surface area contributed by atoms with Crippen LogP contribution in [0.1, 0.15) is 35.8 Å². The minimum atomic E-state index is -0.701. The van der Waals surface area contributed by atoms with Crippen LogP contribution in [0.15, 0.2) is 33.9 Å². The molecule has 10 nitrogen and oxygen atoms in total. The highest BCUT2D eigenvalue weighted by Gasteiger charge is 2.42. The van der Waals surface area contributed by atoms with Crippen LogP contribution in [0.2, 0.25) is 0 Å². The fourth-order valence-electron chi connectivity index (χ4n) is 3.53. The Morgan fingerprint density at radius 2 is 2.07 bits per heavy atom. The monoisotopic (exact) mass is 412 g/mol. The molecule has 158 valence electrons. The number of hydrogen-bond acceptors (Lipinski definition) is 7.